The summed E-state index contributed by atoms with van der Waals surface area (Å²) in [6.45, 7) is 5.03. The maximum absolute atomic E-state index is 13.5. The van der Waals surface area contributed by atoms with Crippen molar-refractivity contribution < 1.29 is 32.2 Å². The number of ether oxygens (including phenoxy) is 2. The highest BCUT2D eigenvalue weighted by molar-refractivity contribution is 6.32. The van der Waals surface area contributed by atoms with Gasteiger partial charge in [0.15, 0.2) is 0 Å². The van der Waals surface area contributed by atoms with E-state index in [1.807, 2.05) is 32.0 Å². The summed E-state index contributed by atoms with van der Waals surface area (Å²) >= 11 is 6.13. The molecular formula is C29H33ClF3N5O4. The Balaban J connectivity index is 1.37. The lowest BCUT2D eigenvalue weighted by Gasteiger charge is -2.29. The lowest BCUT2D eigenvalue weighted by Crippen LogP contribution is -2.51. The molecule has 3 atom stereocenters. The number of methoxy groups -OCH3 is 1. The largest absolute Gasteiger partial charge is 0.573 e. The lowest BCUT2D eigenvalue weighted by atomic mass is 10.0. The molecule has 0 bridgehead atoms. The van der Waals surface area contributed by atoms with Gasteiger partial charge in [0.25, 0.3) is 0 Å². The number of alkyl carbamates (subject to hydrolysis) is 1. The summed E-state index contributed by atoms with van der Waals surface area (Å²) < 4.78 is 46.8. The Kier molecular flexibility index (Phi) is 8.45. The zero-order valence-corrected chi connectivity index (χ0v) is 24.3. The Labute approximate surface area is 246 Å². The second-order valence-corrected chi connectivity index (χ2v) is 11.4. The zero-order valence-electron chi connectivity index (χ0n) is 23.5. The van der Waals surface area contributed by atoms with Gasteiger partial charge in [-0.25, -0.2) is 9.78 Å². The quantitative estimate of drug-likeness (QED) is 0.318. The SMILES string of the molecule is COC(=O)NC(C(=O)N1CCC[C@H]1c1nc2ccc([C@@H]3CCCN3c3ccc(OC(F)(F)F)c(Cl)c3)cc2[nH]1)C(C)C. The van der Waals surface area contributed by atoms with Crippen LogP contribution in [0.4, 0.5) is 23.7 Å². The van der Waals surface area contributed by atoms with E-state index in [0.29, 0.717) is 18.1 Å². The summed E-state index contributed by atoms with van der Waals surface area (Å²) in [6, 6.07) is 9.33. The van der Waals surface area contributed by atoms with Gasteiger partial charge in [-0.15, -0.1) is 13.2 Å². The highest BCUT2D eigenvalue weighted by Crippen LogP contribution is 2.41. The molecule has 0 aliphatic carbocycles. The molecule has 2 N–H and O–H groups in total. The van der Waals surface area contributed by atoms with E-state index in [-0.39, 0.29) is 28.9 Å². The number of hydrogen-bond donors (Lipinski definition) is 2. The van der Waals surface area contributed by atoms with Gasteiger partial charge in [0, 0.05) is 18.8 Å². The summed E-state index contributed by atoms with van der Waals surface area (Å²) in [5.41, 5.74) is 3.34. The van der Waals surface area contributed by atoms with Gasteiger partial charge in [0.2, 0.25) is 5.91 Å². The minimum atomic E-state index is -4.82. The van der Waals surface area contributed by atoms with Crippen LogP contribution in [0.3, 0.4) is 0 Å². The molecule has 3 aromatic rings. The molecular weight excluding hydrogens is 575 g/mol. The second-order valence-electron chi connectivity index (χ2n) is 11.0. The van der Waals surface area contributed by atoms with Crippen LogP contribution in [0, 0.1) is 5.92 Å². The van der Waals surface area contributed by atoms with Gasteiger partial charge in [-0.05, 0) is 67.5 Å². The number of halogens is 4. The van der Waals surface area contributed by atoms with Gasteiger partial charge in [0.1, 0.15) is 17.6 Å². The number of aromatic nitrogens is 2. The number of H-pyrrole nitrogens is 1. The Morgan fingerprint density at radius 3 is 2.52 bits per heavy atom. The van der Waals surface area contributed by atoms with E-state index < -0.39 is 24.2 Å². The predicted molar refractivity (Wildman–Crippen MR) is 151 cm³/mol. The molecule has 13 heteroatoms. The lowest BCUT2D eigenvalue weighted by molar-refractivity contribution is -0.274. The van der Waals surface area contributed by atoms with E-state index in [9.17, 15) is 22.8 Å². The molecule has 2 aliphatic rings. The van der Waals surface area contributed by atoms with E-state index in [0.717, 1.165) is 48.8 Å². The Morgan fingerprint density at radius 1 is 1.10 bits per heavy atom. The molecule has 2 aliphatic heterocycles. The summed E-state index contributed by atoms with van der Waals surface area (Å²) in [5, 5.41) is 2.55. The highest BCUT2D eigenvalue weighted by Gasteiger charge is 2.38. The van der Waals surface area contributed by atoms with Crippen molar-refractivity contribution in [2.45, 2.75) is 64.0 Å². The molecule has 2 saturated heterocycles. The first kappa shape index (κ1) is 29.8. The first-order valence-electron chi connectivity index (χ1n) is 13.9. The van der Waals surface area contributed by atoms with Crippen LogP contribution >= 0.6 is 11.6 Å². The smallest absolute Gasteiger partial charge is 0.453 e. The third-order valence-electron chi connectivity index (χ3n) is 7.88. The van der Waals surface area contributed by atoms with Crippen LogP contribution in [-0.2, 0) is 9.53 Å². The number of amides is 2. The number of aromatic amines is 1. The molecule has 9 nitrogen and oxygen atoms in total. The number of rotatable bonds is 7. The molecule has 0 saturated carbocycles. The van der Waals surface area contributed by atoms with Gasteiger partial charge in [-0.2, -0.15) is 0 Å². The number of carbonyl (C=O) groups is 2. The van der Waals surface area contributed by atoms with Gasteiger partial charge in [0.05, 0.1) is 35.2 Å². The van der Waals surface area contributed by atoms with Crippen molar-refractivity contribution in [1.29, 1.82) is 0 Å². The Morgan fingerprint density at radius 2 is 1.83 bits per heavy atom. The number of nitrogens with one attached hydrogen (secondary N) is 2. The Hall–Kier alpha value is -3.67. The van der Waals surface area contributed by atoms with Crippen molar-refractivity contribution in [2.75, 3.05) is 25.1 Å². The van der Waals surface area contributed by atoms with Crippen LogP contribution in [0.2, 0.25) is 5.02 Å². The maximum Gasteiger partial charge on any atom is 0.573 e. The first-order valence-corrected chi connectivity index (χ1v) is 14.3. The van der Waals surface area contributed by atoms with E-state index in [1.165, 1.54) is 19.2 Å². The topological polar surface area (TPSA) is 99.8 Å². The predicted octanol–water partition coefficient (Wildman–Crippen LogP) is 6.50. The summed E-state index contributed by atoms with van der Waals surface area (Å²) in [4.78, 5) is 37.5. The van der Waals surface area contributed by atoms with Crippen molar-refractivity contribution in [1.82, 2.24) is 20.2 Å². The zero-order chi connectivity index (χ0) is 30.2. The number of anilines is 1. The molecule has 2 amide bonds. The normalized spacial score (nSPS) is 19.9. The van der Waals surface area contributed by atoms with Crippen molar-refractivity contribution in [3.63, 3.8) is 0 Å². The molecule has 1 unspecified atom stereocenters. The first-order chi connectivity index (χ1) is 19.9. The fourth-order valence-electron chi connectivity index (χ4n) is 5.90. The monoisotopic (exact) mass is 607 g/mol. The number of benzene rings is 2. The highest BCUT2D eigenvalue weighted by atomic mass is 35.5. The molecule has 0 radical (unpaired) electrons. The van der Waals surface area contributed by atoms with Gasteiger partial charge in [-0.3, -0.25) is 4.79 Å². The number of carbonyl (C=O) groups excluding carboxylic acids is 2. The number of fused-ring (bicyclic) bond motifs is 1. The van der Waals surface area contributed by atoms with Crippen LogP contribution in [0.5, 0.6) is 5.75 Å². The molecule has 2 fully saturated rings. The number of imidazole rings is 1. The van der Waals surface area contributed by atoms with Crippen LogP contribution in [0.15, 0.2) is 36.4 Å². The molecule has 3 heterocycles. The van der Waals surface area contributed by atoms with Gasteiger partial charge >= 0.3 is 12.5 Å². The van der Waals surface area contributed by atoms with Gasteiger partial charge < -0.3 is 29.6 Å². The van der Waals surface area contributed by atoms with Crippen molar-refractivity contribution in [3.05, 3.63) is 52.8 Å². The number of hydrogen-bond acceptors (Lipinski definition) is 6. The third-order valence-corrected chi connectivity index (χ3v) is 8.17. The van der Waals surface area contributed by atoms with E-state index in [2.05, 4.69) is 19.9 Å². The molecule has 5 rings (SSSR count). The number of alkyl halides is 3. The van der Waals surface area contributed by atoms with Crippen LogP contribution in [-0.4, -0.2) is 59.5 Å². The Bertz CT molecular complexity index is 1460. The van der Waals surface area contributed by atoms with Crippen molar-refractivity contribution in [2.24, 2.45) is 5.92 Å². The standard InChI is InChI=1S/C29H33ClF3N5O4/c1-16(2)25(36-28(40)41-3)27(39)38-13-5-7-23(38)26-34-20-10-8-17(14-21(20)35-26)22-6-4-12-37(22)18-9-11-24(19(30)15-18)42-29(31,32)33/h8-11,14-16,22-23,25H,4-7,12-13H2,1-3H3,(H,34,35)(H,36,40)/t22-,23-,25?/m0/s1. The number of likely N-dealkylation sites (tertiary alicyclic amines) is 1. The van der Waals surface area contributed by atoms with Crippen LogP contribution in [0.25, 0.3) is 11.0 Å². The molecule has 226 valence electrons. The second kappa shape index (κ2) is 11.9. The molecule has 2 aromatic carbocycles. The molecule has 0 spiro atoms. The van der Waals surface area contributed by atoms with Gasteiger partial charge in [-0.1, -0.05) is 31.5 Å². The van der Waals surface area contributed by atoms with E-state index in [4.69, 9.17) is 21.3 Å². The summed E-state index contributed by atoms with van der Waals surface area (Å²) in [6.07, 6.45) is -2.15. The fraction of sp³-hybridized carbons (Fsp3) is 0.483. The summed E-state index contributed by atoms with van der Waals surface area (Å²) in [7, 11) is 1.27. The third kappa shape index (κ3) is 6.23. The average molecular weight is 608 g/mol. The van der Waals surface area contributed by atoms with E-state index in [1.54, 1.807) is 11.0 Å². The minimum Gasteiger partial charge on any atom is -0.453 e. The maximum atomic E-state index is 13.5. The fourth-order valence-corrected chi connectivity index (χ4v) is 6.12. The van der Waals surface area contributed by atoms with E-state index >= 15 is 0 Å². The van der Waals surface area contributed by atoms with Crippen LogP contribution < -0.4 is 15.0 Å². The van der Waals surface area contributed by atoms with Crippen LogP contribution in [0.1, 0.15) is 63.0 Å². The average Bonchev–Trinajstić information content (AvgIpc) is 3.70. The minimum absolute atomic E-state index is 0.00708. The van der Waals surface area contributed by atoms with Crippen molar-refractivity contribution in [3.8, 4) is 5.75 Å². The van der Waals surface area contributed by atoms with Crippen molar-refractivity contribution >= 4 is 40.3 Å². The molecule has 42 heavy (non-hydrogen) atoms. The number of nitrogens with zero attached hydrogens (tertiary/aromatic N) is 3. The summed E-state index contributed by atoms with van der Waals surface area (Å²) in [5.74, 6) is -0.0566. The molecule has 1 aromatic heterocycles.